The van der Waals surface area contributed by atoms with Gasteiger partial charge in [-0.2, -0.15) is 0 Å². The highest BCUT2D eigenvalue weighted by atomic mass is 16.5. The quantitative estimate of drug-likeness (QED) is 0.359. The van der Waals surface area contributed by atoms with Crippen molar-refractivity contribution in [1.82, 2.24) is 10.2 Å². The number of likely N-dealkylation sites (tertiary alicyclic amines) is 1. The molecule has 1 unspecified atom stereocenters. The number of hydrogen-bond donors (Lipinski definition) is 2. The molecule has 0 aromatic heterocycles. The zero-order valence-corrected chi connectivity index (χ0v) is 17.0. The summed E-state index contributed by atoms with van der Waals surface area (Å²) < 4.78 is 9.91. The number of benzene rings is 1. The minimum absolute atomic E-state index is 0.0772. The van der Waals surface area contributed by atoms with Crippen molar-refractivity contribution < 1.29 is 23.9 Å². The molecule has 29 heavy (non-hydrogen) atoms. The van der Waals surface area contributed by atoms with Gasteiger partial charge in [0.05, 0.1) is 14.2 Å². The molecule has 0 aliphatic carbocycles. The van der Waals surface area contributed by atoms with Crippen LogP contribution in [0.15, 0.2) is 36.1 Å². The topological polar surface area (TPSA) is 111 Å². The molecule has 1 fully saturated rings. The van der Waals surface area contributed by atoms with Crippen molar-refractivity contribution in [3.05, 3.63) is 41.7 Å². The highest BCUT2D eigenvalue weighted by molar-refractivity contribution is 5.88. The van der Waals surface area contributed by atoms with E-state index >= 15 is 0 Å². The number of ether oxygens (including phenoxy) is 2. The van der Waals surface area contributed by atoms with Gasteiger partial charge in [0.25, 0.3) is 0 Å². The van der Waals surface area contributed by atoms with Gasteiger partial charge in [0.15, 0.2) is 11.7 Å². The van der Waals surface area contributed by atoms with Gasteiger partial charge >= 0.3 is 5.97 Å². The van der Waals surface area contributed by atoms with Crippen LogP contribution in [0.2, 0.25) is 0 Å². The number of rotatable bonds is 9. The normalized spacial score (nSPS) is 16.9. The third-order valence-corrected chi connectivity index (χ3v) is 5.31. The van der Waals surface area contributed by atoms with Crippen LogP contribution in [0.1, 0.15) is 37.3 Å². The third-order valence-electron chi connectivity index (χ3n) is 5.31. The van der Waals surface area contributed by atoms with Gasteiger partial charge < -0.3 is 25.4 Å². The predicted octanol–water partition coefficient (Wildman–Crippen LogP) is 0.952. The second kappa shape index (κ2) is 10.8. The number of methoxy groups -OCH3 is 2. The first-order valence-electron chi connectivity index (χ1n) is 9.64. The van der Waals surface area contributed by atoms with Crippen LogP contribution in [-0.4, -0.2) is 62.1 Å². The number of carbonyl (C=O) groups is 2. The van der Waals surface area contributed by atoms with E-state index in [0.717, 1.165) is 5.56 Å². The summed E-state index contributed by atoms with van der Waals surface area (Å²) in [7, 11) is 2.76. The van der Waals surface area contributed by atoms with E-state index < -0.39 is 17.6 Å². The number of nitrogens with two attached hydrogens (primary N) is 1. The highest BCUT2D eigenvalue weighted by Crippen LogP contribution is 2.25. The molecule has 0 saturated carbocycles. The first-order chi connectivity index (χ1) is 13.9. The molecule has 3 N–H and O–H groups in total. The molecule has 0 radical (unpaired) electrons. The van der Waals surface area contributed by atoms with E-state index in [1.165, 1.54) is 14.2 Å². The number of piperidine rings is 1. The maximum absolute atomic E-state index is 12.6. The van der Waals surface area contributed by atoms with Gasteiger partial charge in [0.1, 0.15) is 5.54 Å². The molecule has 2 rings (SSSR count). The summed E-state index contributed by atoms with van der Waals surface area (Å²) in [4.78, 5) is 37.9. The largest absolute Gasteiger partial charge is 0.490 e. The maximum atomic E-state index is 12.6. The van der Waals surface area contributed by atoms with Crippen LogP contribution in [0.25, 0.3) is 0 Å². The molecule has 8 heteroatoms. The van der Waals surface area contributed by atoms with Crippen LogP contribution >= 0.6 is 0 Å². The molecule has 1 saturated heterocycles. The Kier molecular flexibility index (Phi) is 8.39. The molecule has 1 atom stereocenters. The first kappa shape index (κ1) is 22.6. The average molecular weight is 403 g/mol. The molecule has 1 aliphatic rings. The molecular formula is C21H29N3O5. The van der Waals surface area contributed by atoms with Crippen LogP contribution < -0.4 is 11.1 Å². The molecule has 0 spiro atoms. The lowest BCUT2D eigenvalue weighted by Gasteiger charge is -2.40. The van der Waals surface area contributed by atoms with Gasteiger partial charge in [-0.25, -0.2) is 9.59 Å². The fraction of sp³-hybridized carbons (Fsp3) is 0.524. The van der Waals surface area contributed by atoms with Crippen molar-refractivity contribution in [1.29, 1.82) is 0 Å². The smallest absolute Gasteiger partial charge is 0.331 e. The Hall–Kier alpha value is -2.67. The Bertz CT molecular complexity index is 738. The Morgan fingerprint density at radius 3 is 2.41 bits per heavy atom. The van der Waals surface area contributed by atoms with Crippen LogP contribution in [0.3, 0.4) is 0 Å². The number of amides is 1. The van der Waals surface area contributed by atoms with E-state index in [2.05, 4.69) is 10.2 Å². The van der Waals surface area contributed by atoms with E-state index in [1.807, 2.05) is 30.3 Å². The van der Waals surface area contributed by atoms with Crippen molar-refractivity contribution >= 4 is 17.8 Å². The lowest BCUT2D eigenvalue weighted by Crippen LogP contribution is -2.60. The Balaban J connectivity index is 1.96. The Morgan fingerprint density at radius 2 is 1.86 bits per heavy atom. The van der Waals surface area contributed by atoms with Gasteiger partial charge in [-0.15, -0.1) is 0 Å². The zero-order valence-electron chi connectivity index (χ0n) is 17.0. The van der Waals surface area contributed by atoms with E-state index in [1.54, 1.807) is 5.94 Å². The summed E-state index contributed by atoms with van der Waals surface area (Å²) in [5.74, 6) is 1.29. The molecule has 158 valence electrons. The SMILES string of the molecule is COC(=O)C1(NC(=O)CC(N)c2ccccc2)CCN(CCC(=C=O)OC)CC1. The number of nitrogens with one attached hydrogen (secondary N) is 1. The van der Waals surface area contributed by atoms with Gasteiger partial charge in [0.2, 0.25) is 5.91 Å². The monoisotopic (exact) mass is 403 g/mol. The van der Waals surface area contributed by atoms with Gasteiger partial charge in [-0.3, -0.25) is 4.79 Å². The van der Waals surface area contributed by atoms with Crippen molar-refractivity contribution in [2.75, 3.05) is 33.9 Å². The average Bonchev–Trinajstić information content (AvgIpc) is 2.75. The Labute approximate surface area is 171 Å². The van der Waals surface area contributed by atoms with Crippen molar-refractivity contribution in [2.24, 2.45) is 5.73 Å². The van der Waals surface area contributed by atoms with Crippen LogP contribution in [0.4, 0.5) is 0 Å². The first-order valence-corrected chi connectivity index (χ1v) is 9.64. The predicted molar refractivity (Wildman–Crippen MR) is 107 cm³/mol. The van der Waals surface area contributed by atoms with Gasteiger partial charge in [-0.1, -0.05) is 30.3 Å². The second-order valence-corrected chi connectivity index (χ2v) is 7.16. The summed E-state index contributed by atoms with van der Waals surface area (Å²) in [6.07, 6.45) is 1.36. The second-order valence-electron chi connectivity index (χ2n) is 7.16. The fourth-order valence-electron chi connectivity index (χ4n) is 3.52. The lowest BCUT2D eigenvalue weighted by atomic mass is 9.86. The van der Waals surface area contributed by atoms with Crippen LogP contribution in [0, 0.1) is 0 Å². The Morgan fingerprint density at radius 1 is 1.21 bits per heavy atom. The number of carbonyl (C=O) groups excluding carboxylic acids is 3. The van der Waals surface area contributed by atoms with Crippen molar-refractivity contribution in [3.8, 4) is 0 Å². The minimum atomic E-state index is -1.07. The maximum Gasteiger partial charge on any atom is 0.331 e. The van der Waals surface area contributed by atoms with E-state index in [0.29, 0.717) is 38.9 Å². The number of nitrogens with zero attached hydrogens (tertiary/aromatic N) is 1. The molecule has 1 amide bonds. The minimum Gasteiger partial charge on any atom is -0.490 e. The molecule has 8 nitrogen and oxygen atoms in total. The van der Waals surface area contributed by atoms with Crippen LogP contribution in [0.5, 0.6) is 0 Å². The van der Waals surface area contributed by atoms with E-state index in [4.69, 9.17) is 15.2 Å². The van der Waals surface area contributed by atoms with E-state index in [9.17, 15) is 14.4 Å². The molecule has 1 heterocycles. The van der Waals surface area contributed by atoms with Gasteiger partial charge in [0, 0.05) is 38.5 Å². The zero-order chi connectivity index (χ0) is 21.3. The summed E-state index contributed by atoms with van der Waals surface area (Å²) in [6, 6.07) is 8.91. The summed E-state index contributed by atoms with van der Waals surface area (Å²) in [5.41, 5.74) is 5.93. The third kappa shape index (κ3) is 6.15. The van der Waals surface area contributed by atoms with Crippen LogP contribution in [-0.2, 0) is 23.9 Å². The molecular weight excluding hydrogens is 374 g/mol. The summed E-state index contributed by atoms with van der Waals surface area (Å²) >= 11 is 0. The summed E-state index contributed by atoms with van der Waals surface area (Å²) in [6.45, 7) is 1.77. The number of hydrogen-bond acceptors (Lipinski definition) is 7. The molecule has 0 bridgehead atoms. The highest BCUT2D eigenvalue weighted by Gasteiger charge is 2.43. The van der Waals surface area contributed by atoms with Crippen molar-refractivity contribution in [2.45, 2.75) is 37.3 Å². The number of esters is 1. The standard InChI is InChI=1S/C21H29N3O5/c1-28-17(15-25)8-11-24-12-9-21(10-13-24,20(27)29-2)23-19(26)14-18(22)16-6-4-3-5-7-16/h3-7,18H,8-14,22H2,1-2H3,(H,23,26). The fourth-order valence-corrected chi connectivity index (χ4v) is 3.52. The van der Waals surface area contributed by atoms with E-state index in [-0.39, 0.29) is 18.1 Å². The molecule has 1 aromatic rings. The summed E-state index contributed by atoms with van der Waals surface area (Å²) in [5, 5.41) is 2.88. The molecule has 1 aliphatic heterocycles. The lowest BCUT2D eigenvalue weighted by molar-refractivity contribution is -0.153. The van der Waals surface area contributed by atoms with Gasteiger partial charge in [-0.05, 0) is 18.4 Å². The molecule has 1 aromatic carbocycles. The van der Waals surface area contributed by atoms with Crippen molar-refractivity contribution in [3.63, 3.8) is 0 Å².